The van der Waals surface area contributed by atoms with Crippen LogP contribution in [0, 0.1) is 5.92 Å². The Hall–Kier alpha value is -1.48. The molecular weight excluding hydrogens is 192 g/mol. The maximum atomic E-state index is 11.8. The third-order valence-corrected chi connectivity index (χ3v) is 3.16. The van der Waals surface area contributed by atoms with E-state index in [0.29, 0.717) is 18.6 Å². The molecule has 2 atom stereocenters. The van der Waals surface area contributed by atoms with Crippen LogP contribution in [0.4, 0.5) is 0 Å². The van der Waals surface area contributed by atoms with E-state index in [2.05, 4.69) is 0 Å². The maximum absolute atomic E-state index is 11.8. The number of carbonyl (C=O) groups excluding carboxylic acids is 2. The zero-order valence-electron chi connectivity index (χ0n) is 8.10. The van der Waals surface area contributed by atoms with Crippen LogP contribution in [0.25, 0.3) is 0 Å². The van der Waals surface area contributed by atoms with Crippen LogP contribution in [0.5, 0.6) is 0 Å². The summed E-state index contributed by atoms with van der Waals surface area (Å²) in [6.07, 6.45) is 0.482. The first-order chi connectivity index (χ1) is 7.29. The average Bonchev–Trinajstić information content (AvgIpc) is 2.75. The van der Waals surface area contributed by atoms with Crippen molar-refractivity contribution >= 4 is 11.6 Å². The van der Waals surface area contributed by atoms with E-state index in [4.69, 9.17) is 4.74 Å². The van der Waals surface area contributed by atoms with Gasteiger partial charge in [0.2, 0.25) is 11.6 Å². The predicted molar refractivity (Wildman–Crippen MR) is 52.6 cm³/mol. The molecule has 76 valence electrons. The van der Waals surface area contributed by atoms with Crippen LogP contribution in [-0.4, -0.2) is 18.2 Å². The Balaban J connectivity index is 2.20. The Kier molecular flexibility index (Phi) is 1.76. The molecule has 3 nitrogen and oxygen atoms in total. The van der Waals surface area contributed by atoms with Gasteiger partial charge in [0.15, 0.2) is 0 Å². The zero-order valence-corrected chi connectivity index (χ0v) is 8.10. The van der Waals surface area contributed by atoms with E-state index >= 15 is 0 Å². The molecule has 0 saturated carbocycles. The SMILES string of the molecule is O=C1C(=O)[C@H]2CCOC2c2ccccc21. The molecule has 1 unspecified atom stereocenters. The van der Waals surface area contributed by atoms with Crippen molar-refractivity contribution < 1.29 is 14.3 Å². The molecular formula is C12H10O3. The second kappa shape index (κ2) is 3.00. The summed E-state index contributed by atoms with van der Waals surface area (Å²) in [6.45, 7) is 0.572. The second-order valence-electron chi connectivity index (χ2n) is 3.97. The van der Waals surface area contributed by atoms with Gasteiger partial charge in [-0.1, -0.05) is 24.3 Å². The molecule has 1 saturated heterocycles. The van der Waals surface area contributed by atoms with Crippen LogP contribution >= 0.6 is 0 Å². The fourth-order valence-corrected chi connectivity index (χ4v) is 2.42. The largest absolute Gasteiger partial charge is 0.373 e. The van der Waals surface area contributed by atoms with Gasteiger partial charge in [0.05, 0.1) is 12.0 Å². The Morgan fingerprint density at radius 3 is 2.87 bits per heavy atom. The normalized spacial score (nSPS) is 28.8. The van der Waals surface area contributed by atoms with Crippen LogP contribution in [0.1, 0.15) is 28.4 Å². The number of ether oxygens (including phenoxy) is 1. The average molecular weight is 202 g/mol. The summed E-state index contributed by atoms with van der Waals surface area (Å²) >= 11 is 0. The number of carbonyl (C=O) groups is 2. The molecule has 1 aromatic carbocycles. The van der Waals surface area contributed by atoms with Crippen molar-refractivity contribution in [2.75, 3.05) is 6.61 Å². The highest BCUT2D eigenvalue weighted by Crippen LogP contribution is 2.40. The minimum atomic E-state index is -0.350. The topological polar surface area (TPSA) is 43.4 Å². The first kappa shape index (κ1) is 8.80. The smallest absolute Gasteiger partial charge is 0.229 e. The Morgan fingerprint density at radius 2 is 2.00 bits per heavy atom. The van der Waals surface area contributed by atoms with Gasteiger partial charge in [-0.3, -0.25) is 9.59 Å². The van der Waals surface area contributed by atoms with E-state index in [1.54, 1.807) is 12.1 Å². The van der Waals surface area contributed by atoms with Gasteiger partial charge >= 0.3 is 0 Å². The first-order valence-corrected chi connectivity index (χ1v) is 5.08. The molecule has 1 heterocycles. The van der Waals surface area contributed by atoms with Crippen LogP contribution in [0.15, 0.2) is 24.3 Å². The van der Waals surface area contributed by atoms with E-state index < -0.39 is 0 Å². The number of rotatable bonds is 0. The maximum Gasteiger partial charge on any atom is 0.229 e. The molecule has 0 amide bonds. The van der Waals surface area contributed by atoms with Crippen LogP contribution < -0.4 is 0 Å². The van der Waals surface area contributed by atoms with Crippen molar-refractivity contribution in [3.63, 3.8) is 0 Å². The molecule has 1 aromatic rings. The number of benzene rings is 1. The number of Topliss-reactive ketones (excluding diaryl/α,β-unsaturated/α-hetero) is 2. The molecule has 1 fully saturated rings. The van der Waals surface area contributed by atoms with Gasteiger partial charge in [0.25, 0.3) is 0 Å². The van der Waals surface area contributed by atoms with Gasteiger partial charge in [0.1, 0.15) is 0 Å². The zero-order chi connectivity index (χ0) is 10.4. The molecule has 0 bridgehead atoms. The molecule has 15 heavy (non-hydrogen) atoms. The van der Waals surface area contributed by atoms with E-state index in [0.717, 1.165) is 5.56 Å². The lowest BCUT2D eigenvalue weighted by molar-refractivity contribution is -0.120. The lowest BCUT2D eigenvalue weighted by Gasteiger charge is -2.24. The molecule has 2 aliphatic rings. The lowest BCUT2D eigenvalue weighted by atomic mass is 9.79. The minimum absolute atomic E-state index is 0.189. The summed E-state index contributed by atoms with van der Waals surface area (Å²) in [4.78, 5) is 23.5. The van der Waals surface area contributed by atoms with E-state index in [-0.39, 0.29) is 23.6 Å². The van der Waals surface area contributed by atoms with Gasteiger partial charge < -0.3 is 4.74 Å². The van der Waals surface area contributed by atoms with Gasteiger partial charge in [-0.05, 0) is 12.0 Å². The van der Waals surface area contributed by atoms with Crippen molar-refractivity contribution in [1.29, 1.82) is 0 Å². The Bertz CT molecular complexity index is 450. The molecule has 0 aromatic heterocycles. The van der Waals surface area contributed by atoms with Gasteiger partial charge in [0, 0.05) is 12.2 Å². The minimum Gasteiger partial charge on any atom is -0.373 e. The summed E-state index contributed by atoms with van der Waals surface area (Å²) in [5.41, 5.74) is 1.40. The first-order valence-electron chi connectivity index (χ1n) is 5.08. The quantitative estimate of drug-likeness (QED) is 0.599. The standard InChI is InChI=1S/C12H10O3/c13-10-7-3-1-2-4-8(7)12-9(11(10)14)5-6-15-12/h1-4,9,12H,5-6H2/t9-,12?/m1/s1. The molecule has 0 spiro atoms. The fraction of sp³-hybridized carbons (Fsp3) is 0.333. The summed E-state index contributed by atoms with van der Waals surface area (Å²) in [7, 11) is 0. The van der Waals surface area contributed by atoms with E-state index in [1.165, 1.54) is 0 Å². The summed E-state index contributed by atoms with van der Waals surface area (Å²) in [5, 5.41) is 0. The summed E-state index contributed by atoms with van der Waals surface area (Å²) < 4.78 is 5.53. The van der Waals surface area contributed by atoms with Gasteiger partial charge in [-0.15, -0.1) is 0 Å². The number of hydrogen-bond acceptors (Lipinski definition) is 3. The third kappa shape index (κ3) is 1.10. The lowest BCUT2D eigenvalue weighted by Crippen LogP contribution is -2.32. The van der Waals surface area contributed by atoms with Crippen LogP contribution in [-0.2, 0) is 9.53 Å². The molecule has 1 aliphatic heterocycles. The van der Waals surface area contributed by atoms with Crippen LogP contribution in [0.3, 0.4) is 0 Å². The highest BCUT2D eigenvalue weighted by Gasteiger charge is 2.44. The van der Waals surface area contributed by atoms with Crippen molar-refractivity contribution in [3.05, 3.63) is 35.4 Å². The number of ketones is 2. The second-order valence-corrected chi connectivity index (χ2v) is 3.97. The molecule has 0 radical (unpaired) electrons. The van der Waals surface area contributed by atoms with Crippen molar-refractivity contribution in [1.82, 2.24) is 0 Å². The highest BCUT2D eigenvalue weighted by molar-refractivity contribution is 6.45. The number of hydrogen-bond donors (Lipinski definition) is 0. The number of fused-ring (bicyclic) bond motifs is 3. The summed E-state index contributed by atoms with van der Waals surface area (Å²) in [6, 6.07) is 7.23. The van der Waals surface area contributed by atoms with E-state index in [1.807, 2.05) is 12.1 Å². The van der Waals surface area contributed by atoms with Gasteiger partial charge in [-0.25, -0.2) is 0 Å². The van der Waals surface area contributed by atoms with Crippen molar-refractivity contribution in [2.24, 2.45) is 5.92 Å². The Morgan fingerprint density at radius 1 is 1.20 bits per heavy atom. The molecule has 0 N–H and O–H groups in total. The third-order valence-electron chi connectivity index (χ3n) is 3.16. The summed E-state index contributed by atoms with van der Waals surface area (Å²) in [5.74, 6) is -0.874. The predicted octanol–water partition coefficient (Wildman–Crippen LogP) is 1.53. The van der Waals surface area contributed by atoms with Crippen molar-refractivity contribution in [3.8, 4) is 0 Å². The van der Waals surface area contributed by atoms with Crippen molar-refractivity contribution in [2.45, 2.75) is 12.5 Å². The molecule has 1 aliphatic carbocycles. The molecule has 3 rings (SSSR count). The Labute approximate surface area is 87.0 Å². The van der Waals surface area contributed by atoms with Gasteiger partial charge in [-0.2, -0.15) is 0 Å². The molecule has 3 heteroatoms. The van der Waals surface area contributed by atoms with E-state index in [9.17, 15) is 9.59 Å². The fourth-order valence-electron chi connectivity index (χ4n) is 2.42. The van der Waals surface area contributed by atoms with Crippen LogP contribution in [0.2, 0.25) is 0 Å². The monoisotopic (exact) mass is 202 g/mol. The highest BCUT2D eigenvalue weighted by atomic mass is 16.5.